The van der Waals surface area contributed by atoms with E-state index in [0.29, 0.717) is 0 Å². The summed E-state index contributed by atoms with van der Waals surface area (Å²) in [6, 6.07) is 0. The molecule has 1 nitrogen and oxygen atoms in total. The first-order valence-electron chi connectivity index (χ1n) is 1.63. The molecule has 0 rings (SSSR count). The van der Waals surface area contributed by atoms with Crippen molar-refractivity contribution >= 4 is 10.0 Å². The summed E-state index contributed by atoms with van der Waals surface area (Å²) in [5, 5.41) is 0. The summed E-state index contributed by atoms with van der Waals surface area (Å²) >= 11 is 0. The summed E-state index contributed by atoms with van der Waals surface area (Å²) in [5.74, 6) is 0. The third-order valence-electron chi connectivity index (χ3n) is 0. The normalized spacial score (nSPS) is 12.7. The summed E-state index contributed by atoms with van der Waals surface area (Å²) in [4.78, 5) is 0. The third-order valence-corrected chi connectivity index (χ3v) is 0. The Balaban J connectivity index is 0. The lowest BCUT2D eigenvalue weighted by Crippen LogP contribution is -1.82. The van der Waals surface area contributed by atoms with Gasteiger partial charge in [-0.05, 0) is 25.0 Å². The van der Waals surface area contributed by atoms with E-state index >= 15 is 0 Å². The summed E-state index contributed by atoms with van der Waals surface area (Å²) in [7, 11) is -0.167. The van der Waals surface area contributed by atoms with Crippen LogP contribution in [0.1, 0.15) is 0 Å². The van der Waals surface area contributed by atoms with Gasteiger partial charge in [-0.2, -0.15) is 0 Å². The standard InChI is InChI=1S/C4H12S.H3N/c1-5(2,3)4;/h1-4H3;1H3. The van der Waals surface area contributed by atoms with Crippen LogP contribution in [0.25, 0.3) is 0 Å². The maximum absolute atomic E-state index is 2.27. The van der Waals surface area contributed by atoms with Gasteiger partial charge in [0.1, 0.15) is 0 Å². The minimum atomic E-state index is -0.167. The smallest absolute Gasteiger partial charge is 0.0352 e. The zero-order valence-electron chi connectivity index (χ0n) is 5.12. The van der Waals surface area contributed by atoms with Crippen molar-refractivity contribution in [1.82, 2.24) is 6.15 Å². The molecule has 0 fully saturated rings. The van der Waals surface area contributed by atoms with Gasteiger partial charge >= 0.3 is 0 Å². The molecule has 0 aromatic rings. The molecule has 0 saturated carbocycles. The van der Waals surface area contributed by atoms with Crippen molar-refractivity contribution in [3.8, 4) is 0 Å². The van der Waals surface area contributed by atoms with E-state index in [2.05, 4.69) is 25.0 Å². The van der Waals surface area contributed by atoms with Crippen molar-refractivity contribution in [2.45, 2.75) is 0 Å². The molecule has 0 aliphatic rings. The molecule has 0 atom stereocenters. The summed E-state index contributed by atoms with van der Waals surface area (Å²) in [6.07, 6.45) is 9.08. The molecule has 0 aromatic heterocycles. The van der Waals surface area contributed by atoms with Crippen LogP contribution in [0.5, 0.6) is 0 Å². The van der Waals surface area contributed by atoms with Crippen LogP contribution >= 0.6 is 10.0 Å². The van der Waals surface area contributed by atoms with E-state index in [9.17, 15) is 0 Å². The lowest BCUT2D eigenvalue weighted by molar-refractivity contribution is 2.04. The van der Waals surface area contributed by atoms with Crippen LogP contribution in [-0.4, -0.2) is 25.0 Å². The van der Waals surface area contributed by atoms with Gasteiger partial charge in [0.05, 0.1) is 0 Å². The number of hydrogen-bond acceptors (Lipinski definition) is 1. The van der Waals surface area contributed by atoms with E-state index in [-0.39, 0.29) is 16.2 Å². The minimum absolute atomic E-state index is 0. The largest absolute Gasteiger partial charge is 0.344 e. The van der Waals surface area contributed by atoms with Gasteiger partial charge in [-0.3, -0.25) is 10.0 Å². The summed E-state index contributed by atoms with van der Waals surface area (Å²) in [6.45, 7) is 0. The van der Waals surface area contributed by atoms with Crippen LogP contribution in [-0.2, 0) is 0 Å². The van der Waals surface area contributed by atoms with Crippen molar-refractivity contribution in [3.63, 3.8) is 0 Å². The average Bonchev–Trinajstić information content (AvgIpc) is 0.722. The molecule has 0 heterocycles. The predicted molar refractivity (Wildman–Crippen MR) is 36.3 cm³/mol. The van der Waals surface area contributed by atoms with Gasteiger partial charge in [-0.15, -0.1) is 0 Å². The van der Waals surface area contributed by atoms with Crippen molar-refractivity contribution in [2.24, 2.45) is 0 Å². The molecule has 6 heavy (non-hydrogen) atoms. The summed E-state index contributed by atoms with van der Waals surface area (Å²) < 4.78 is 0. The summed E-state index contributed by atoms with van der Waals surface area (Å²) in [5.41, 5.74) is 0. The first kappa shape index (κ1) is 9.58. The Morgan fingerprint density at radius 1 is 0.833 bits per heavy atom. The van der Waals surface area contributed by atoms with Crippen molar-refractivity contribution < 1.29 is 0 Å². The molecule has 2 heteroatoms. The van der Waals surface area contributed by atoms with Crippen LogP contribution in [0.15, 0.2) is 0 Å². The van der Waals surface area contributed by atoms with Gasteiger partial charge < -0.3 is 6.15 Å². The van der Waals surface area contributed by atoms with Crippen LogP contribution < -0.4 is 6.15 Å². The Bertz CT molecular complexity index is 23.0. The van der Waals surface area contributed by atoms with Gasteiger partial charge in [0, 0.05) is 0 Å². The van der Waals surface area contributed by atoms with Crippen LogP contribution in [0.3, 0.4) is 0 Å². The van der Waals surface area contributed by atoms with Crippen molar-refractivity contribution in [3.05, 3.63) is 0 Å². The zero-order valence-corrected chi connectivity index (χ0v) is 5.93. The Hall–Kier alpha value is 0.310. The monoisotopic (exact) mass is 109 g/mol. The van der Waals surface area contributed by atoms with E-state index in [1.165, 1.54) is 0 Å². The zero-order chi connectivity index (χ0) is 4.50. The van der Waals surface area contributed by atoms with Gasteiger partial charge in [-0.25, -0.2) is 0 Å². The molecule has 0 aliphatic heterocycles. The molecule has 0 radical (unpaired) electrons. The second-order valence-electron chi connectivity index (χ2n) is 2.45. The first-order chi connectivity index (χ1) is 2.00. The molecule has 3 N–H and O–H groups in total. The molecule has 42 valence electrons. The second kappa shape index (κ2) is 2.48. The maximum atomic E-state index is 2.27. The first-order valence-corrected chi connectivity index (χ1v) is 4.90. The van der Waals surface area contributed by atoms with Crippen LogP contribution in [0.4, 0.5) is 0 Å². The maximum Gasteiger partial charge on any atom is -0.0352 e. The van der Waals surface area contributed by atoms with E-state index < -0.39 is 0 Å². The Labute approximate surface area is 42.0 Å². The predicted octanol–water partition coefficient (Wildman–Crippen LogP) is 1.47. The Kier molecular flexibility index (Phi) is 3.95. The van der Waals surface area contributed by atoms with Crippen LogP contribution in [0.2, 0.25) is 0 Å². The van der Waals surface area contributed by atoms with Gasteiger partial charge in [0.2, 0.25) is 0 Å². The minimum Gasteiger partial charge on any atom is -0.344 e. The van der Waals surface area contributed by atoms with Crippen molar-refractivity contribution in [1.29, 1.82) is 0 Å². The molecule has 0 bridgehead atoms. The molecule has 0 unspecified atom stereocenters. The van der Waals surface area contributed by atoms with E-state index in [4.69, 9.17) is 0 Å². The average molecular weight is 109 g/mol. The SMILES string of the molecule is CS(C)(C)C.N. The Morgan fingerprint density at radius 2 is 0.833 bits per heavy atom. The molecule has 0 spiro atoms. The molecular formula is C4H15NS. The third kappa shape index (κ3) is 491. The number of rotatable bonds is 0. The highest BCUT2D eigenvalue weighted by atomic mass is 32.3. The molecular weight excluding hydrogens is 94.1 g/mol. The highest BCUT2D eigenvalue weighted by Gasteiger charge is 1.86. The highest BCUT2D eigenvalue weighted by molar-refractivity contribution is 8.31. The van der Waals surface area contributed by atoms with E-state index in [1.807, 2.05) is 0 Å². The quantitative estimate of drug-likeness (QED) is 0.502. The lowest BCUT2D eigenvalue weighted by atomic mass is 11.8. The fraction of sp³-hybridized carbons (Fsp3) is 1.00. The fourth-order valence-electron chi connectivity index (χ4n) is 0. The van der Waals surface area contributed by atoms with Crippen molar-refractivity contribution in [2.75, 3.05) is 25.0 Å². The van der Waals surface area contributed by atoms with Gasteiger partial charge in [0.15, 0.2) is 0 Å². The highest BCUT2D eigenvalue weighted by Crippen LogP contribution is 2.27. The molecule has 0 aromatic carbocycles. The second-order valence-corrected chi connectivity index (χ2v) is 7.35. The molecule has 0 saturated heterocycles. The fourth-order valence-corrected chi connectivity index (χ4v) is 0. The Morgan fingerprint density at radius 3 is 0.833 bits per heavy atom. The molecule has 0 aliphatic carbocycles. The topological polar surface area (TPSA) is 35.0 Å². The van der Waals surface area contributed by atoms with Crippen LogP contribution in [0, 0.1) is 0 Å². The lowest BCUT2D eigenvalue weighted by Gasteiger charge is -2.15. The van der Waals surface area contributed by atoms with Gasteiger partial charge in [0.25, 0.3) is 0 Å². The van der Waals surface area contributed by atoms with Gasteiger partial charge in [-0.1, -0.05) is 0 Å². The number of hydrogen-bond donors (Lipinski definition) is 1. The van der Waals surface area contributed by atoms with E-state index in [1.54, 1.807) is 0 Å². The van der Waals surface area contributed by atoms with E-state index in [0.717, 1.165) is 0 Å². The molecule has 0 amide bonds.